The van der Waals surface area contributed by atoms with Crippen molar-refractivity contribution < 1.29 is 4.79 Å². The van der Waals surface area contributed by atoms with E-state index < -0.39 is 0 Å². The van der Waals surface area contributed by atoms with Crippen molar-refractivity contribution >= 4 is 28.9 Å². The van der Waals surface area contributed by atoms with Gasteiger partial charge in [0.25, 0.3) is 0 Å². The molecule has 0 saturated carbocycles. The summed E-state index contributed by atoms with van der Waals surface area (Å²) in [4.78, 5) is 20.1. The fourth-order valence-corrected chi connectivity index (χ4v) is 2.61. The van der Waals surface area contributed by atoms with Crippen molar-refractivity contribution in [1.29, 1.82) is 0 Å². The van der Waals surface area contributed by atoms with Crippen LogP contribution in [0, 0.1) is 0 Å². The van der Waals surface area contributed by atoms with E-state index in [2.05, 4.69) is 53.5 Å². The van der Waals surface area contributed by atoms with Crippen LogP contribution in [0.15, 0.2) is 60.8 Å². The normalized spacial score (nSPS) is 11.1. The maximum atomic E-state index is 11.4. The Morgan fingerprint density at radius 3 is 2.04 bits per heavy atom. The van der Waals surface area contributed by atoms with E-state index in [1.807, 2.05) is 24.3 Å². The molecule has 3 aromatic rings. The number of carbonyl (C=O) groups excluding carboxylic acids is 1. The predicted octanol–water partition coefficient (Wildman–Crippen LogP) is 5.46. The molecule has 0 aliphatic heterocycles. The van der Waals surface area contributed by atoms with Crippen molar-refractivity contribution in [3.8, 4) is 0 Å². The number of benzene rings is 2. The van der Waals surface area contributed by atoms with E-state index in [0.717, 1.165) is 11.4 Å². The minimum absolute atomic E-state index is 0.0487. The Bertz CT molecular complexity index is 926. The van der Waals surface area contributed by atoms with Crippen LogP contribution in [-0.2, 0) is 5.41 Å². The molecule has 5 heteroatoms. The molecule has 2 aromatic carbocycles. The van der Waals surface area contributed by atoms with E-state index in [1.54, 1.807) is 31.3 Å². The molecule has 5 nitrogen and oxygen atoms in total. The molecule has 0 unspecified atom stereocenters. The van der Waals surface area contributed by atoms with Gasteiger partial charge < -0.3 is 10.6 Å². The highest BCUT2D eigenvalue weighted by Crippen LogP contribution is 2.24. The summed E-state index contributed by atoms with van der Waals surface area (Å²) in [6, 6.07) is 17.4. The van der Waals surface area contributed by atoms with Crippen LogP contribution in [0.2, 0.25) is 0 Å². The summed E-state index contributed by atoms with van der Waals surface area (Å²) in [5, 5.41) is 6.45. The van der Waals surface area contributed by atoms with Crippen LogP contribution in [-0.4, -0.2) is 15.8 Å². The minimum Gasteiger partial charge on any atom is -0.340 e. The van der Waals surface area contributed by atoms with Gasteiger partial charge in [0.05, 0.1) is 0 Å². The van der Waals surface area contributed by atoms with Crippen LogP contribution in [0.4, 0.5) is 23.1 Å². The number of nitrogens with one attached hydrogen (secondary N) is 2. The van der Waals surface area contributed by atoms with Gasteiger partial charge in [-0.1, -0.05) is 32.9 Å². The number of anilines is 4. The maximum Gasteiger partial charge on any atom is 0.229 e. The predicted molar refractivity (Wildman–Crippen MR) is 110 cm³/mol. The highest BCUT2D eigenvalue weighted by atomic mass is 16.1. The molecule has 138 valence electrons. The third-order valence-corrected chi connectivity index (χ3v) is 4.23. The average Bonchev–Trinajstić information content (AvgIpc) is 2.62. The molecule has 0 saturated heterocycles. The first kappa shape index (κ1) is 18.6. The first-order valence-electron chi connectivity index (χ1n) is 8.90. The van der Waals surface area contributed by atoms with Crippen LogP contribution in [0.25, 0.3) is 0 Å². The molecule has 1 aromatic heterocycles. The Balaban J connectivity index is 1.71. The Morgan fingerprint density at radius 1 is 0.852 bits per heavy atom. The van der Waals surface area contributed by atoms with Gasteiger partial charge in [-0.2, -0.15) is 4.98 Å². The summed E-state index contributed by atoms with van der Waals surface area (Å²) < 4.78 is 0. The molecule has 0 aliphatic rings. The summed E-state index contributed by atoms with van der Waals surface area (Å²) in [5.41, 5.74) is 3.88. The number of aromatic nitrogens is 2. The molecule has 0 aliphatic carbocycles. The second-order valence-electron chi connectivity index (χ2n) is 7.48. The zero-order valence-corrected chi connectivity index (χ0v) is 16.1. The number of hydrogen-bond donors (Lipinski definition) is 2. The molecule has 2 N–H and O–H groups in total. The lowest BCUT2D eigenvalue weighted by atomic mass is 9.87. The van der Waals surface area contributed by atoms with Crippen LogP contribution in [0.5, 0.6) is 0 Å². The minimum atomic E-state index is 0.0487. The number of rotatable bonds is 5. The smallest absolute Gasteiger partial charge is 0.229 e. The molecule has 27 heavy (non-hydrogen) atoms. The van der Waals surface area contributed by atoms with Crippen LogP contribution in [0.3, 0.4) is 0 Å². The van der Waals surface area contributed by atoms with Crippen molar-refractivity contribution in [1.82, 2.24) is 9.97 Å². The molecular formula is C22H24N4O. The largest absolute Gasteiger partial charge is 0.340 e. The Labute approximate surface area is 159 Å². The second-order valence-corrected chi connectivity index (χ2v) is 7.48. The van der Waals surface area contributed by atoms with Crippen molar-refractivity contribution in [2.45, 2.75) is 33.1 Å². The summed E-state index contributed by atoms with van der Waals surface area (Å²) in [7, 11) is 0. The second kappa shape index (κ2) is 7.58. The van der Waals surface area contributed by atoms with Crippen LogP contribution < -0.4 is 10.6 Å². The number of Topliss-reactive ketones (excluding diaryl/α,β-unsaturated/α-hetero) is 1. The molecule has 0 radical (unpaired) electrons. The fraction of sp³-hybridized carbons (Fsp3) is 0.227. The van der Waals surface area contributed by atoms with E-state index in [0.29, 0.717) is 17.3 Å². The van der Waals surface area contributed by atoms with Gasteiger partial charge in [-0.15, -0.1) is 0 Å². The van der Waals surface area contributed by atoms with E-state index in [4.69, 9.17) is 0 Å². The molecule has 0 spiro atoms. The maximum absolute atomic E-state index is 11.4. The Kier molecular flexibility index (Phi) is 5.21. The van der Waals surface area contributed by atoms with E-state index in [1.165, 1.54) is 5.56 Å². The monoisotopic (exact) mass is 360 g/mol. The Morgan fingerprint density at radius 2 is 1.44 bits per heavy atom. The third-order valence-electron chi connectivity index (χ3n) is 4.23. The quantitative estimate of drug-likeness (QED) is 0.591. The average molecular weight is 360 g/mol. The molecule has 3 rings (SSSR count). The summed E-state index contributed by atoms with van der Waals surface area (Å²) >= 11 is 0. The number of carbonyl (C=O) groups is 1. The number of ketones is 1. The Hall–Kier alpha value is -3.21. The lowest BCUT2D eigenvalue weighted by Crippen LogP contribution is -2.10. The van der Waals surface area contributed by atoms with Gasteiger partial charge in [-0.05, 0) is 60.4 Å². The van der Waals surface area contributed by atoms with E-state index in [9.17, 15) is 4.79 Å². The first-order chi connectivity index (χ1) is 12.8. The summed E-state index contributed by atoms with van der Waals surface area (Å²) in [5.74, 6) is 1.24. The first-order valence-corrected chi connectivity index (χ1v) is 8.90. The highest BCUT2D eigenvalue weighted by Gasteiger charge is 2.13. The van der Waals surface area contributed by atoms with Crippen molar-refractivity contribution in [3.63, 3.8) is 0 Å². The topological polar surface area (TPSA) is 66.9 Å². The molecule has 1 heterocycles. The lowest BCUT2D eigenvalue weighted by Gasteiger charge is -2.19. The van der Waals surface area contributed by atoms with Crippen molar-refractivity contribution in [3.05, 3.63) is 71.9 Å². The number of hydrogen-bond acceptors (Lipinski definition) is 5. The third kappa shape index (κ3) is 4.91. The molecule has 0 bridgehead atoms. The van der Waals surface area contributed by atoms with Gasteiger partial charge in [0, 0.05) is 23.1 Å². The molecular weight excluding hydrogens is 336 g/mol. The van der Waals surface area contributed by atoms with Gasteiger partial charge in [-0.25, -0.2) is 4.98 Å². The highest BCUT2D eigenvalue weighted by molar-refractivity contribution is 5.94. The van der Waals surface area contributed by atoms with Crippen molar-refractivity contribution in [2.24, 2.45) is 0 Å². The van der Waals surface area contributed by atoms with Crippen LogP contribution in [0.1, 0.15) is 43.6 Å². The summed E-state index contributed by atoms with van der Waals surface area (Å²) in [6.07, 6.45) is 1.70. The SMILES string of the molecule is CC(=O)c1ccc(Nc2ccnc(Nc3ccc(C(C)(C)C)cc3)n2)cc1. The molecule has 0 amide bonds. The van der Waals surface area contributed by atoms with Gasteiger partial charge in [0.1, 0.15) is 5.82 Å². The van der Waals surface area contributed by atoms with Gasteiger partial charge in [-0.3, -0.25) is 4.79 Å². The molecule has 0 fully saturated rings. The van der Waals surface area contributed by atoms with Gasteiger partial charge in [0.15, 0.2) is 5.78 Å². The van der Waals surface area contributed by atoms with Gasteiger partial charge in [0.2, 0.25) is 5.95 Å². The zero-order chi connectivity index (χ0) is 19.4. The lowest BCUT2D eigenvalue weighted by molar-refractivity contribution is 0.101. The van der Waals surface area contributed by atoms with Gasteiger partial charge >= 0.3 is 0 Å². The van der Waals surface area contributed by atoms with Crippen LogP contribution >= 0.6 is 0 Å². The van der Waals surface area contributed by atoms with E-state index in [-0.39, 0.29) is 11.2 Å². The van der Waals surface area contributed by atoms with Crippen molar-refractivity contribution in [2.75, 3.05) is 10.6 Å². The zero-order valence-electron chi connectivity index (χ0n) is 16.1. The number of nitrogens with zero attached hydrogens (tertiary/aromatic N) is 2. The molecule has 0 atom stereocenters. The fourth-order valence-electron chi connectivity index (χ4n) is 2.61. The standard InChI is InChI=1S/C22H24N4O/c1-15(27)16-5-9-18(10-6-16)24-20-13-14-23-21(26-20)25-19-11-7-17(8-12-19)22(2,3)4/h5-14H,1-4H3,(H2,23,24,25,26). The van der Waals surface area contributed by atoms with E-state index >= 15 is 0 Å². The summed E-state index contributed by atoms with van der Waals surface area (Å²) in [6.45, 7) is 8.13.